The highest BCUT2D eigenvalue weighted by molar-refractivity contribution is 7.91. The molecule has 8 heteroatoms. The first-order valence-corrected chi connectivity index (χ1v) is 15.8. The van der Waals surface area contributed by atoms with Gasteiger partial charge >= 0.3 is 5.97 Å². The molecule has 1 aromatic heterocycles. The van der Waals surface area contributed by atoms with Crippen molar-refractivity contribution in [3.8, 4) is 10.4 Å². The van der Waals surface area contributed by atoms with E-state index < -0.39 is 21.4 Å². The van der Waals surface area contributed by atoms with Crippen LogP contribution in [0.5, 0.6) is 0 Å². The average molecular weight is 547 g/mol. The summed E-state index contributed by atoms with van der Waals surface area (Å²) in [7, 11) is -3.95. The van der Waals surface area contributed by atoms with Crippen molar-refractivity contribution in [2.75, 3.05) is 6.54 Å². The highest BCUT2D eigenvalue weighted by Gasteiger charge is 2.40. The highest BCUT2D eigenvalue weighted by Crippen LogP contribution is 2.50. The molecule has 204 valence electrons. The Kier molecular flexibility index (Phi) is 7.70. The predicted octanol–water partition coefficient (Wildman–Crippen LogP) is 6.67. The third-order valence-corrected chi connectivity index (χ3v) is 11.1. The zero-order chi connectivity index (χ0) is 27.2. The van der Waals surface area contributed by atoms with Crippen LogP contribution in [0.2, 0.25) is 0 Å². The third kappa shape index (κ3) is 6.45. The van der Waals surface area contributed by atoms with Gasteiger partial charge < -0.3 is 5.11 Å². The predicted molar refractivity (Wildman–Crippen MR) is 150 cm³/mol. The summed E-state index contributed by atoms with van der Waals surface area (Å²) in [5, 5.41) is 9.43. The van der Waals surface area contributed by atoms with Crippen molar-refractivity contribution in [3.63, 3.8) is 0 Å². The van der Waals surface area contributed by atoms with Gasteiger partial charge in [0.15, 0.2) is 0 Å². The summed E-state index contributed by atoms with van der Waals surface area (Å²) in [6, 6.07) is 6.79. The van der Waals surface area contributed by atoms with E-state index in [-0.39, 0.29) is 21.7 Å². The van der Waals surface area contributed by atoms with Gasteiger partial charge in [-0.2, -0.15) is 0 Å². The van der Waals surface area contributed by atoms with Gasteiger partial charge in [0.05, 0.1) is 16.0 Å². The van der Waals surface area contributed by atoms with Gasteiger partial charge in [-0.3, -0.25) is 4.79 Å². The quantitative estimate of drug-likeness (QED) is 0.366. The van der Waals surface area contributed by atoms with Gasteiger partial charge in [-0.15, -0.1) is 11.3 Å². The summed E-state index contributed by atoms with van der Waals surface area (Å²) in [6.07, 6.45) is 9.09. The molecular weight excluding hydrogens is 504 g/mol. The first kappa shape index (κ1) is 28.2. The van der Waals surface area contributed by atoms with Crippen molar-refractivity contribution in [1.82, 2.24) is 9.71 Å². The molecule has 4 rings (SSSR count). The molecule has 2 aromatic rings. The number of aromatic nitrogens is 1. The van der Waals surface area contributed by atoms with Crippen LogP contribution >= 0.6 is 11.3 Å². The number of nitrogens with zero attached hydrogens (tertiary/aromatic N) is 1. The lowest BCUT2D eigenvalue weighted by Gasteiger charge is -2.24. The van der Waals surface area contributed by atoms with Crippen molar-refractivity contribution >= 4 is 27.3 Å². The zero-order valence-corrected chi connectivity index (χ0v) is 24.7. The molecule has 2 saturated carbocycles. The molecule has 0 radical (unpaired) electrons. The largest absolute Gasteiger partial charge is 0.481 e. The second-order valence-electron chi connectivity index (χ2n) is 13.1. The molecule has 6 nitrogen and oxygen atoms in total. The van der Waals surface area contributed by atoms with Crippen LogP contribution in [-0.2, 0) is 32.1 Å². The number of hydrogen-bond donors (Lipinski definition) is 2. The fourth-order valence-electron chi connectivity index (χ4n) is 4.90. The van der Waals surface area contributed by atoms with E-state index in [4.69, 9.17) is 4.98 Å². The zero-order valence-electron chi connectivity index (χ0n) is 23.1. The third-order valence-electron chi connectivity index (χ3n) is 8.16. The fraction of sp³-hybridized carbons (Fsp3) is 0.655. The van der Waals surface area contributed by atoms with Crippen LogP contribution in [0.15, 0.2) is 22.5 Å². The van der Waals surface area contributed by atoms with Gasteiger partial charge in [0.1, 0.15) is 0 Å². The highest BCUT2D eigenvalue weighted by atomic mass is 32.2. The molecule has 0 saturated heterocycles. The normalized spacial score (nSPS) is 18.6. The second kappa shape index (κ2) is 10.1. The maximum Gasteiger partial charge on any atom is 0.310 e. The molecule has 2 fully saturated rings. The number of carbonyl (C=O) groups is 1. The van der Waals surface area contributed by atoms with E-state index >= 15 is 0 Å². The Labute approximate surface area is 226 Å². The van der Waals surface area contributed by atoms with Crippen molar-refractivity contribution in [3.05, 3.63) is 35.0 Å². The lowest BCUT2D eigenvalue weighted by Crippen LogP contribution is -2.38. The molecular formula is C29H42N2O4S2. The van der Waals surface area contributed by atoms with Crippen LogP contribution in [0.3, 0.4) is 0 Å². The van der Waals surface area contributed by atoms with Crippen LogP contribution in [0, 0.1) is 11.3 Å². The molecule has 0 bridgehead atoms. The summed E-state index contributed by atoms with van der Waals surface area (Å²) in [4.78, 5) is 17.2. The standard InChI is InChI=1S/C29H42N2O4S2/c1-27(2,3)21-15-20(16-22(17-21)29(6)12-13-29)24-23(14-19-10-8-7-9-11-19)31-26(36-24)37(34,35)30-18-28(4,5)25(32)33/h15-17,19,30H,7-14,18H2,1-6H3,(H,32,33). The van der Waals surface area contributed by atoms with Crippen molar-refractivity contribution in [2.24, 2.45) is 11.3 Å². The molecule has 37 heavy (non-hydrogen) atoms. The average Bonchev–Trinajstić information content (AvgIpc) is 3.43. The molecule has 0 unspecified atom stereocenters. The minimum Gasteiger partial charge on any atom is -0.481 e. The van der Waals surface area contributed by atoms with Crippen molar-refractivity contribution in [1.29, 1.82) is 0 Å². The molecule has 0 aliphatic heterocycles. The van der Waals surface area contributed by atoms with E-state index in [1.807, 2.05) is 0 Å². The first-order chi connectivity index (χ1) is 17.1. The van der Waals surface area contributed by atoms with Gasteiger partial charge in [-0.1, -0.05) is 65.9 Å². The number of benzene rings is 1. The first-order valence-electron chi connectivity index (χ1n) is 13.5. The summed E-state index contributed by atoms with van der Waals surface area (Å²) in [6.45, 7) is 11.8. The number of hydrogen-bond acceptors (Lipinski definition) is 5. The number of rotatable bonds is 9. The number of nitrogens with one attached hydrogen (secondary N) is 1. The lowest BCUT2D eigenvalue weighted by atomic mass is 9.82. The van der Waals surface area contributed by atoms with Crippen LogP contribution < -0.4 is 4.72 Å². The molecule has 2 aliphatic carbocycles. The molecule has 1 aromatic carbocycles. The SMILES string of the molecule is CC(C)(CNS(=O)(=O)c1nc(CC2CCCCC2)c(-c2cc(C(C)(C)C)cc(C3(C)CC3)c2)s1)C(=O)O. The Morgan fingerprint density at radius 3 is 2.32 bits per heavy atom. The van der Waals surface area contributed by atoms with Crippen molar-refractivity contribution in [2.45, 2.75) is 108 Å². The van der Waals surface area contributed by atoms with Gasteiger partial charge in [-0.05, 0) is 78.7 Å². The summed E-state index contributed by atoms with van der Waals surface area (Å²) < 4.78 is 29.1. The van der Waals surface area contributed by atoms with Crippen LogP contribution in [-0.4, -0.2) is 31.0 Å². The van der Waals surface area contributed by atoms with Gasteiger partial charge in [-0.25, -0.2) is 18.1 Å². The Bertz CT molecular complexity index is 1240. The van der Waals surface area contributed by atoms with E-state index in [1.165, 1.54) is 68.4 Å². The van der Waals surface area contributed by atoms with Gasteiger partial charge in [0.25, 0.3) is 10.0 Å². The number of thiazole rings is 1. The van der Waals surface area contributed by atoms with Crippen LogP contribution in [0.25, 0.3) is 10.4 Å². The maximum absolute atomic E-state index is 13.3. The number of aliphatic carboxylic acids is 1. The monoisotopic (exact) mass is 546 g/mol. The maximum atomic E-state index is 13.3. The molecule has 2 N–H and O–H groups in total. The summed E-state index contributed by atoms with van der Waals surface area (Å²) >= 11 is 1.22. The Morgan fingerprint density at radius 1 is 1.11 bits per heavy atom. The minimum atomic E-state index is -3.95. The number of sulfonamides is 1. The van der Waals surface area contributed by atoms with E-state index in [2.05, 4.69) is 50.6 Å². The Hall–Kier alpha value is -1.77. The topological polar surface area (TPSA) is 96.4 Å². The van der Waals surface area contributed by atoms with E-state index in [1.54, 1.807) is 0 Å². The minimum absolute atomic E-state index is 0.0230. The molecule has 0 spiro atoms. The van der Waals surface area contributed by atoms with Crippen LogP contribution in [0.1, 0.15) is 103 Å². The molecule has 0 atom stereocenters. The van der Waals surface area contributed by atoms with Gasteiger partial charge in [0.2, 0.25) is 4.34 Å². The molecule has 1 heterocycles. The van der Waals surface area contributed by atoms with E-state index in [9.17, 15) is 18.3 Å². The number of carboxylic acid groups (broad SMARTS) is 1. The smallest absolute Gasteiger partial charge is 0.310 e. The second-order valence-corrected chi connectivity index (χ2v) is 16.0. The fourth-order valence-corrected chi connectivity index (χ4v) is 7.49. The summed E-state index contributed by atoms with van der Waals surface area (Å²) in [5.74, 6) is -0.539. The van der Waals surface area contributed by atoms with Crippen molar-refractivity contribution < 1.29 is 18.3 Å². The van der Waals surface area contributed by atoms with E-state index in [0.717, 1.165) is 35.4 Å². The van der Waals surface area contributed by atoms with Crippen LogP contribution in [0.4, 0.5) is 0 Å². The van der Waals surface area contributed by atoms with Gasteiger partial charge in [0, 0.05) is 6.54 Å². The lowest BCUT2D eigenvalue weighted by molar-refractivity contribution is -0.146. The Balaban J connectivity index is 1.77. The van der Waals surface area contributed by atoms with E-state index in [0.29, 0.717) is 5.92 Å². The number of carboxylic acids is 1. The molecule has 2 aliphatic rings. The molecule has 0 amide bonds. The summed E-state index contributed by atoms with van der Waals surface area (Å²) in [5.41, 5.74) is 3.40. The Morgan fingerprint density at radius 2 is 1.76 bits per heavy atom.